The highest BCUT2D eigenvalue weighted by atomic mass is 32.3. The van der Waals surface area contributed by atoms with Crippen molar-refractivity contribution in [1.29, 1.82) is 10.8 Å². The average Bonchev–Trinajstić information content (AvgIpc) is 2.88. The molecule has 0 fully saturated rings. The predicted molar refractivity (Wildman–Crippen MR) is 140 cm³/mol. The van der Waals surface area contributed by atoms with E-state index >= 15 is 0 Å². The normalized spacial score (nSPS) is 9.73. The molecule has 4 N–H and O–H groups in total. The number of rotatable bonds is 4. The zero-order chi connectivity index (χ0) is 27.3. The van der Waals surface area contributed by atoms with E-state index in [4.69, 9.17) is 39.8 Å². The molecule has 0 saturated carbocycles. The first kappa shape index (κ1) is 28.0. The van der Waals surface area contributed by atoms with Gasteiger partial charge < -0.3 is 20.6 Å². The van der Waals surface area contributed by atoms with Crippen molar-refractivity contribution in [3.05, 3.63) is 119 Å². The number of hydrogen-bond donors (Lipinski definition) is 2. The van der Waals surface area contributed by atoms with Crippen LogP contribution in [0.2, 0.25) is 0 Å². The molecule has 0 aliphatic heterocycles. The van der Waals surface area contributed by atoms with Crippen molar-refractivity contribution >= 4 is 44.5 Å². The molecule has 13 heteroatoms. The molecule has 0 aliphatic rings. The lowest BCUT2D eigenvalue weighted by Gasteiger charge is -2.06. The summed E-state index contributed by atoms with van der Waals surface area (Å²) in [5.41, 5.74) is 15.6. The number of hydrogen-bond acceptors (Lipinski definition) is 10. The molecule has 0 radical (unpaired) electrons. The minimum absolute atomic E-state index is 0.676. The van der Waals surface area contributed by atoms with Crippen LogP contribution in [0.5, 0.6) is 0 Å². The van der Waals surface area contributed by atoms with Gasteiger partial charge in [-0.3, -0.25) is 8.42 Å². The molecular weight excluding hydrogens is 496 g/mol. The van der Waals surface area contributed by atoms with Crippen molar-refractivity contribution in [2.24, 2.45) is 0 Å². The number of benzene rings is 4. The Bertz CT molecular complexity index is 1330. The maximum atomic E-state index is 9.02. The van der Waals surface area contributed by atoms with Crippen LogP contribution >= 0.6 is 0 Å². The van der Waals surface area contributed by atoms with Gasteiger partial charge in [0.2, 0.25) is 0 Å². The van der Waals surface area contributed by atoms with Crippen LogP contribution in [-0.2, 0) is 10.4 Å². The van der Waals surface area contributed by atoms with Crippen molar-refractivity contribution in [3.63, 3.8) is 0 Å². The van der Waals surface area contributed by atoms with Crippen LogP contribution in [0.3, 0.4) is 0 Å². The van der Waals surface area contributed by atoms with Crippen LogP contribution in [0, 0.1) is 10.8 Å². The third-order valence-electron chi connectivity index (χ3n) is 4.46. The number of nitrogens with zero attached hydrogens (tertiary/aromatic N) is 6. The standard InChI is InChI=1S/2C12H11N4.H2O4S/c2*13-10-6-8-12(9-7-10)16(15-14)11-4-2-1-3-5-11;1-5(2,3)4/h2*1-9H,13H2;(H2,1,2,3,4)/q2*+1;/p-2. The predicted octanol–water partition coefficient (Wildman–Crippen LogP) is 5.01. The molecule has 4 aromatic carbocycles. The van der Waals surface area contributed by atoms with Crippen LogP contribution in [0.4, 0.5) is 34.1 Å². The fourth-order valence-corrected chi connectivity index (χ4v) is 2.87. The first-order valence-corrected chi connectivity index (χ1v) is 11.7. The van der Waals surface area contributed by atoms with E-state index in [1.807, 2.05) is 60.7 Å². The zero-order valence-corrected chi connectivity index (χ0v) is 20.1. The third kappa shape index (κ3) is 9.89. The molecule has 0 heterocycles. The fourth-order valence-electron chi connectivity index (χ4n) is 2.87. The Morgan fingerprint density at radius 2 is 0.784 bits per heavy atom. The van der Waals surface area contributed by atoms with E-state index in [2.05, 4.69) is 10.2 Å². The first-order chi connectivity index (χ1) is 17.6. The highest BCUT2D eigenvalue weighted by molar-refractivity contribution is 7.79. The monoisotopic (exact) mass is 518 g/mol. The molecule has 0 amide bonds. The fraction of sp³-hybridized carbons (Fsp3) is 0. The SMILES string of the molecule is N#[N+]N(c1ccccc1)c1ccc(N)cc1.N#[N+]N(c1ccccc1)c1ccc(N)cc1.O=S(=O)([O-])[O-]. The molecule has 0 unspecified atom stereocenters. The van der Waals surface area contributed by atoms with Gasteiger partial charge in [0, 0.05) is 31.8 Å². The summed E-state index contributed by atoms with van der Waals surface area (Å²) < 4.78 is 34.1. The summed E-state index contributed by atoms with van der Waals surface area (Å²) in [7, 11) is -5.17. The summed E-state index contributed by atoms with van der Waals surface area (Å²) in [4.78, 5) is 0. The molecule has 12 nitrogen and oxygen atoms in total. The molecule has 37 heavy (non-hydrogen) atoms. The second-order valence-electron chi connectivity index (χ2n) is 7.06. The molecule has 0 aliphatic carbocycles. The van der Waals surface area contributed by atoms with Gasteiger partial charge in [-0.05, 0) is 72.8 Å². The van der Waals surface area contributed by atoms with Gasteiger partial charge in [0.15, 0.2) is 0 Å². The van der Waals surface area contributed by atoms with Crippen LogP contribution in [0.1, 0.15) is 0 Å². The van der Waals surface area contributed by atoms with Crippen molar-refractivity contribution in [2.75, 3.05) is 21.5 Å². The van der Waals surface area contributed by atoms with E-state index in [1.54, 1.807) is 48.5 Å². The Morgan fingerprint density at radius 1 is 0.541 bits per heavy atom. The van der Waals surface area contributed by atoms with Crippen molar-refractivity contribution in [2.45, 2.75) is 0 Å². The summed E-state index contributed by atoms with van der Waals surface area (Å²) >= 11 is 0. The van der Waals surface area contributed by atoms with Gasteiger partial charge in [-0.15, -0.1) is 0 Å². The smallest absolute Gasteiger partial charge is 0.316 e. The first-order valence-electron chi connectivity index (χ1n) is 10.4. The Balaban J connectivity index is 0.000000221. The summed E-state index contributed by atoms with van der Waals surface area (Å²) in [6.07, 6.45) is 0. The Hall–Kier alpha value is -5.21. The summed E-state index contributed by atoms with van der Waals surface area (Å²) in [5.74, 6) is 0. The van der Waals surface area contributed by atoms with Gasteiger partial charge >= 0.3 is 10.2 Å². The van der Waals surface area contributed by atoms with E-state index in [1.165, 1.54) is 10.0 Å². The lowest BCUT2D eigenvalue weighted by molar-refractivity contribution is 0.352. The lowest BCUT2D eigenvalue weighted by atomic mass is 10.2. The molecular formula is C24H22N8O4S. The van der Waals surface area contributed by atoms with Gasteiger partial charge in [-0.2, -0.15) is 0 Å². The molecule has 4 rings (SSSR count). The quantitative estimate of drug-likeness (QED) is 0.122. The second-order valence-corrected chi connectivity index (χ2v) is 7.88. The Labute approximate surface area is 213 Å². The highest BCUT2D eigenvalue weighted by Gasteiger charge is 2.19. The number of nitrogen functional groups attached to an aromatic ring is 2. The van der Waals surface area contributed by atoms with Gasteiger partial charge in [0.1, 0.15) is 22.7 Å². The van der Waals surface area contributed by atoms with Gasteiger partial charge in [0.25, 0.3) is 10.8 Å². The lowest BCUT2D eigenvalue weighted by Crippen LogP contribution is -2.05. The largest absolute Gasteiger partial charge is 0.759 e. The second kappa shape index (κ2) is 13.6. The van der Waals surface area contributed by atoms with E-state index in [0.29, 0.717) is 11.4 Å². The number of diazo groups is 2. The van der Waals surface area contributed by atoms with Crippen LogP contribution in [0.25, 0.3) is 10.2 Å². The molecule has 188 valence electrons. The van der Waals surface area contributed by atoms with E-state index < -0.39 is 10.4 Å². The van der Waals surface area contributed by atoms with Crippen molar-refractivity contribution in [1.82, 2.24) is 0 Å². The summed E-state index contributed by atoms with van der Waals surface area (Å²) in [6, 6.07) is 33.0. The summed E-state index contributed by atoms with van der Waals surface area (Å²) in [6.45, 7) is 0. The van der Waals surface area contributed by atoms with Crippen molar-refractivity contribution in [3.8, 4) is 0 Å². The van der Waals surface area contributed by atoms with Crippen LogP contribution in [-0.4, -0.2) is 17.5 Å². The Kier molecular flexibility index (Phi) is 10.3. The van der Waals surface area contributed by atoms with Crippen molar-refractivity contribution < 1.29 is 17.5 Å². The molecule has 4 aromatic rings. The molecule has 0 atom stereocenters. The average molecular weight is 519 g/mol. The number of para-hydroxylation sites is 2. The minimum Gasteiger partial charge on any atom is -0.759 e. The van der Waals surface area contributed by atoms with Gasteiger partial charge in [0.05, 0.1) is 0 Å². The van der Waals surface area contributed by atoms with Crippen LogP contribution < -0.4 is 21.5 Å². The van der Waals surface area contributed by atoms with Gasteiger partial charge in [-0.1, -0.05) is 36.4 Å². The van der Waals surface area contributed by atoms with Gasteiger partial charge in [-0.25, -0.2) is 0 Å². The molecule has 0 aromatic heterocycles. The number of anilines is 6. The number of nitrogens with two attached hydrogens (primary N) is 2. The third-order valence-corrected chi connectivity index (χ3v) is 4.46. The molecule has 0 saturated heterocycles. The topological polar surface area (TPSA) is 195 Å². The molecule has 0 bridgehead atoms. The van der Waals surface area contributed by atoms with Crippen LogP contribution in [0.15, 0.2) is 109 Å². The van der Waals surface area contributed by atoms with E-state index in [9.17, 15) is 0 Å². The van der Waals surface area contributed by atoms with E-state index in [0.717, 1.165) is 22.7 Å². The summed E-state index contributed by atoms with van der Waals surface area (Å²) in [5, 5.41) is 27.4. The zero-order valence-electron chi connectivity index (χ0n) is 19.3. The highest BCUT2D eigenvalue weighted by Crippen LogP contribution is 2.27. The van der Waals surface area contributed by atoms with E-state index in [-0.39, 0.29) is 0 Å². The minimum atomic E-state index is -5.17. The molecule has 0 spiro atoms. The maximum Gasteiger partial charge on any atom is 0.316 e. The maximum absolute atomic E-state index is 9.02. The Morgan fingerprint density at radius 3 is 1.03 bits per heavy atom.